The Morgan fingerprint density at radius 3 is 2.67 bits per heavy atom. The molecule has 7 nitrogen and oxygen atoms in total. The van der Waals surface area contributed by atoms with Crippen molar-refractivity contribution >= 4 is 56.4 Å². The lowest BCUT2D eigenvalue weighted by molar-refractivity contribution is -0.115. The quantitative estimate of drug-likeness (QED) is 0.451. The number of amides is 2. The molecule has 0 saturated heterocycles. The van der Waals surface area contributed by atoms with Crippen LogP contribution in [0.4, 0.5) is 10.8 Å². The summed E-state index contributed by atoms with van der Waals surface area (Å²) >= 11 is 2.65. The van der Waals surface area contributed by atoms with Gasteiger partial charge in [-0.3, -0.25) is 14.9 Å². The summed E-state index contributed by atoms with van der Waals surface area (Å²) in [6.45, 7) is 6.10. The topological polar surface area (TPSA) is 97.1 Å². The molecular formula is C21H20N4O3S2. The van der Waals surface area contributed by atoms with E-state index in [1.807, 2.05) is 32.2 Å². The molecule has 0 fully saturated rings. The van der Waals surface area contributed by atoms with Crippen LogP contribution in [0.3, 0.4) is 0 Å². The van der Waals surface area contributed by atoms with Crippen LogP contribution < -0.4 is 10.6 Å². The van der Waals surface area contributed by atoms with Crippen molar-refractivity contribution in [3.8, 4) is 0 Å². The van der Waals surface area contributed by atoms with Gasteiger partial charge in [-0.2, -0.15) is 0 Å². The number of carbonyl (C=O) groups is 2. The fourth-order valence-electron chi connectivity index (χ4n) is 2.71. The van der Waals surface area contributed by atoms with Crippen LogP contribution >= 0.6 is 22.7 Å². The van der Waals surface area contributed by atoms with Gasteiger partial charge in [-0.25, -0.2) is 9.97 Å². The summed E-state index contributed by atoms with van der Waals surface area (Å²) in [5.74, 6) is 0.252. The molecule has 30 heavy (non-hydrogen) atoms. The van der Waals surface area contributed by atoms with Crippen molar-refractivity contribution in [2.45, 2.75) is 32.6 Å². The monoisotopic (exact) mass is 440 g/mol. The van der Waals surface area contributed by atoms with Gasteiger partial charge in [-0.1, -0.05) is 26.8 Å². The smallest absolute Gasteiger partial charge is 0.267 e. The van der Waals surface area contributed by atoms with Crippen molar-refractivity contribution in [1.82, 2.24) is 9.97 Å². The van der Waals surface area contributed by atoms with Crippen LogP contribution in [-0.4, -0.2) is 21.8 Å². The van der Waals surface area contributed by atoms with E-state index in [0.29, 0.717) is 38.4 Å². The van der Waals surface area contributed by atoms with Gasteiger partial charge < -0.3 is 9.73 Å². The molecule has 0 atom stereocenters. The molecule has 0 unspecified atom stereocenters. The Morgan fingerprint density at radius 2 is 1.93 bits per heavy atom. The Hall–Kier alpha value is -3.04. The number of thiazole rings is 1. The zero-order chi connectivity index (χ0) is 21.3. The predicted molar refractivity (Wildman–Crippen MR) is 119 cm³/mol. The van der Waals surface area contributed by atoms with Gasteiger partial charge in [0.05, 0.1) is 17.0 Å². The molecule has 0 aliphatic carbocycles. The molecule has 3 aromatic heterocycles. The summed E-state index contributed by atoms with van der Waals surface area (Å²) in [5.41, 5.74) is 2.43. The predicted octanol–water partition coefficient (Wildman–Crippen LogP) is 5.08. The third-order valence-corrected chi connectivity index (χ3v) is 5.85. The second kappa shape index (κ2) is 8.00. The number of hydrogen-bond donors (Lipinski definition) is 2. The number of fused-ring (bicyclic) bond motifs is 1. The number of carbonyl (C=O) groups excluding carboxylic acids is 2. The molecule has 9 heteroatoms. The number of anilines is 2. The molecule has 3 heterocycles. The van der Waals surface area contributed by atoms with Crippen LogP contribution in [0.2, 0.25) is 0 Å². The summed E-state index contributed by atoms with van der Waals surface area (Å²) in [6.07, 6.45) is 0.107. The summed E-state index contributed by atoms with van der Waals surface area (Å²) in [7, 11) is 0. The van der Waals surface area contributed by atoms with Crippen molar-refractivity contribution in [3.05, 3.63) is 57.6 Å². The largest absolute Gasteiger partial charge is 0.440 e. The molecule has 0 aliphatic rings. The first-order chi connectivity index (χ1) is 14.3. The minimum Gasteiger partial charge on any atom is -0.440 e. The Balaban J connectivity index is 1.39. The third-order valence-electron chi connectivity index (χ3n) is 4.17. The first-order valence-corrected chi connectivity index (χ1v) is 11.0. The standard InChI is InChI=1S/C21H20N4O3S2/c1-21(2,3)19-24-14-9-12(6-7-15(14)28-19)22-17(26)10-13-11-30-20(23-13)25-18(27)16-5-4-8-29-16/h4-9,11H,10H2,1-3H3,(H,22,26)(H,23,25,27). The lowest BCUT2D eigenvalue weighted by atomic mass is 9.97. The molecule has 154 valence electrons. The fraction of sp³-hybridized carbons (Fsp3) is 0.238. The third kappa shape index (κ3) is 4.58. The van der Waals surface area contributed by atoms with E-state index in [1.54, 1.807) is 29.6 Å². The van der Waals surface area contributed by atoms with Crippen molar-refractivity contribution in [2.24, 2.45) is 0 Å². The number of rotatable bonds is 5. The number of oxazole rings is 1. The van der Waals surface area contributed by atoms with Crippen LogP contribution in [-0.2, 0) is 16.6 Å². The van der Waals surface area contributed by atoms with E-state index in [9.17, 15) is 9.59 Å². The number of aromatic nitrogens is 2. The van der Waals surface area contributed by atoms with E-state index < -0.39 is 0 Å². The SMILES string of the molecule is CC(C)(C)c1nc2cc(NC(=O)Cc3csc(NC(=O)c4cccs4)n3)ccc2o1. The van der Waals surface area contributed by atoms with Gasteiger partial charge in [-0.05, 0) is 29.6 Å². The average Bonchev–Trinajstić information content (AvgIpc) is 3.41. The molecule has 4 aromatic rings. The Kier molecular flexibility index (Phi) is 5.40. The maximum absolute atomic E-state index is 12.4. The van der Waals surface area contributed by atoms with E-state index in [-0.39, 0.29) is 23.7 Å². The summed E-state index contributed by atoms with van der Waals surface area (Å²) in [4.78, 5) is 34.0. The van der Waals surface area contributed by atoms with Crippen molar-refractivity contribution in [2.75, 3.05) is 10.6 Å². The molecule has 0 spiro atoms. The molecule has 1 aromatic carbocycles. The number of benzene rings is 1. The highest BCUT2D eigenvalue weighted by Crippen LogP contribution is 2.27. The normalized spacial score (nSPS) is 11.6. The minimum absolute atomic E-state index is 0.107. The molecule has 0 saturated carbocycles. The molecule has 4 rings (SSSR count). The summed E-state index contributed by atoms with van der Waals surface area (Å²) in [6, 6.07) is 8.94. The molecular weight excluding hydrogens is 420 g/mol. The number of thiophene rings is 1. The molecule has 0 radical (unpaired) electrons. The zero-order valence-corrected chi connectivity index (χ0v) is 18.3. The Morgan fingerprint density at radius 1 is 1.10 bits per heavy atom. The van der Waals surface area contributed by atoms with Gasteiger partial charge in [0.15, 0.2) is 10.7 Å². The maximum Gasteiger partial charge on any atom is 0.267 e. The lowest BCUT2D eigenvalue weighted by Crippen LogP contribution is -2.15. The van der Waals surface area contributed by atoms with E-state index in [4.69, 9.17) is 4.42 Å². The van der Waals surface area contributed by atoms with Crippen molar-refractivity contribution < 1.29 is 14.0 Å². The molecule has 0 bridgehead atoms. The zero-order valence-electron chi connectivity index (χ0n) is 16.7. The second-order valence-corrected chi connectivity index (χ2v) is 9.56. The van der Waals surface area contributed by atoms with Gasteiger partial charge >= 0.3 is 0 Å². The van der Waals surface area contributed by atoms with Crippen LogP contribution in [0.1, 0.15) is 42.0 Å². The minimum atomic E-state index is -0.203. The van der Waals surface area contributed by atoms with Crippen LogP contribution in [0.25, 0.3) is 11.1 Å². The Labute approximate surface area is 181 Å². The van der Waals surface area contributed by atoms with E-state index in [1.165, 1.54) is 22.7 Å². The van der Waals surface area contributed by atoms with Crippen LogP contribution in [0, 0.1) is 0 Å². The van der Waals surface area contributed by atoms with Crippen LogP contribution in [0.15, 0.2) is 45.5 Å². The molecule has 0 aliphatic heterocycles. The van der Waals surface area contributed by atoms with Gasteiger partial charge in [0.25, 0.3) is 5.91 Å². The van der Waals surface area contributed by atoms with E-state index >= 15 is 0 Å². The van der Waals surface area contributed by atoms with Crippen molar-refractivity contribution in [3.63, 3.8) is 0 Å². The summed E-state index contributed by atoms with van der Waals surface area (Å²) in [5, 5.41) is 9.68. The highest BCUT2D eigenvalue weighted by Gasteiger charge is 2.21. The van der Waals surface area contributed by atoms with E-state index in [2.05, 4.69) is 20.6 Å². The van der Waals surface area contributed by atoms with Gasteiger partial charge in [-0.15, -0.1) is 22.7 Å². The highest BCUT2D eigenvalue weighted by atomic mass is 32.1. The Bertz CT molecular complexity index is 1200. The maximum atomic E-state index is 12.4. The fourth-order valence-corrected chi connectivity index (χ4v) is 4.03. The lowest BCUT2D eigenvalue weighted by Gasteiger charge is -2.11. The van der Waals surface area contributed by atoms with Gasteiger partial charge in [0.2, 0.25) is 11.8 Å². The first kappa shape index (κ1) is 20.2. The van der Waals surface area contributed by atoms with E-state index in [0.717, 1.165) is 0 Å². The highest BCUT2D eigenvalue weighted by molar-refractivity contribution is 7.14. The molecule has 2 amide bonds. The number of nitrogens with one attached hydrogen (secondary N) is 2. The summed E-state index contributed by atoms with van der Waals surface area (Å²) < 4.78 is 5.78. The van der Waals surface area contributed by atoms with Gasteiger partial charge in [0.1, 0.15) is 5.52 Å². The average molecular weight is 441 g/mol. The first-order valence-electron chi connectivity index (χ1n) is 9.28. The van der Waals surface area contributed by atoms with Crippen molar-refractivity contribution in [1.29, 1.82) is 0 Å². The second-order valence-electron chi connectivity index (χ2n) is 7.75. The number of hydrogen-bond acceptors (Lipinski definition) is 7. The molecule has 2 N–H and O–H groups in total. The number of nitrogens with zero attached hydrogens (tertiary/aromatic N) is 2. The van der Waals surface area contributed by atoms with Gasteiger partial charge in [0, 0.05) is 16.5 Å². The van der Waals surface area contributed by atoms with Crippen LogP contribution in [0.5, 0.6) is 0 Å².